The molecule has 10 aromatic carbocycles. The lowest BCUT2D eigenvalue weighted by atomic mass is 9.94. The molecule has 69 heavy (non-hydrogen) atoms. The molecule has 0 spiro atoms. The first kappa shape index (κ1) is 40.4. The van der Waals surface area contributed by atoms with Crippen LogP contribution in [0.4, 0.5) is 17.1 Å². The lowest BCUT2D eigenvalue weighted by Crippen LogP contribution is -2.10. The third-order valence-corrected chi connectivity index (χ3v) is 13.9. The van der Waals surface area contributed by atoms with Gasteiger partial charge in [0.1, 0.15) is 11.2 Å². The minimum Gasteiger partial charge on any atom is -0.455 e. The number of allylic oxidation sites excluding steroid dienone is 4. The van der Waals surface area contributed by atoms with Crippen LogP contribution < -0.4 is 4.90 Å². The van der Waals surface area contributed by atoms with Crippen molar-refractivity contribution in [2.24, 2.45) is 0 Å². The minimum atomic E-state index is 0.903. The van der Waals surface area contributed by atoms with Crippen molar-refractivity contribution in [1.29, 1.82) is 0 Å². The van der Waals surface area contributed by atoms with Gasteiger partial charge in [0.15, 0.2) is 0 Å². The Bertz CT molecular complexity index is 3890. The molecule has 0 unspecified atom stereocenters. The first-order valence-electron chi connectivity index (χ1n) is 23.9. The van der Waals surface area contributed by atoms with Gasteiger partial charge in [0, 0.05) is 49.7 Å². The fourth-order valence-electron chi connectivity index (χ4n) is 10.5. The molecular formula is C66H46N2O. The second kappa shape index (κ2) is 17.1. The van der Waals surface area contributed by atoms with E-state index < -0.39 is 0 Å². The van der Waals surface area contributed by atoms with E-state index in [0.717, 1.165) is 68.5 Å². The maximum atomic E-state index is 6.46. The van der Waals surface area contributed by atoms with Gasteiger partial charge >= 0.3 is 0 Å². The van der Waals surface area contributed by atoms with Crippen molar-refractivity contribution in [3.05, 3.63) is 260 Å². The molecule has 2 aromatic heterocycles. The van der Waals surface area contributed by atoms with E-state index in [1.807, 2.05) is 12.1 Å². The summed E-state index contributed by atoms with van der Waals surface area (Å²) in [5.41, 5.74) is 20.6. The molecule has 0 radical (unpaired) electrons. The molecule has 0 N–H and O–H groups in total. The van der Waals surface area contributed by atoms with Crippen LogP contribution in [0.5, 0.6) is 0 Å². The fraction of sp³-hybridized carbons (Fsp3) is 0.0303. The summed E-state index contributed by atoms with van der Waals surface area (Å²) in [4.78, 5) is 2.37. The number of benzene rings is 10. The van der Waals surface area contributed by atoms with Crippen LogP contribution in [0.1, 0.15) is 18.4 Å². The molecule has 2 heterocycles. The van der Waals surface area contributed by atoms with Crippen LogP contribution in [0.25, 0.3) is 99.5 Å². The summed E-state index contributed by atoms with van der Waals surface area (Å²) in [6, 6.07) is 85.8. The van der Waals surface area contributed by atoms with E-state index in [2.05, 4.69) is 252 Å². The van der Waals surface area contributed by atoms with Crippen LogP contribution in [0.2, 0.25) is 0 Å². The average Bonchev–Trinajstić information content (AvgIpc) is 3.98. The standard InChI is InChI=1S/C66H46N2O/c1-2-15-45(16-3-1)50-17-12-18-51(43-50)52-19-13-20-55(44-52)67(54-41-37-49(38-42-54)57-25-14-26-61-60-24-7-11-30-65(60)69-66(57)61)53-39-35-47(36-40-53)46-31-33-48(34-32-46)56-21-4-8-27-62(56)68-63-28-9-5-22-58(63)59-23-6-10-29-64(59)68/h1-2,4-15,17-44H,3,16H2. The number of para-hydroxylation sites is 5. The highest BCUT2D eigenvalue weighted by molar-refractivity contribution is 6.11. The Kier molecular flexibility index (Phi) is 9.98. The summed E-state index contributed by atoms with van der Waals surface area (Å²) in [6.07, 6.45) is 8.82. The number of hydrogen-bond acceptors (Lipinski definition) is 2. The van der Waals surface area contributed by atoms with Crippen molar-refractivity contribution in [3.8, 4) is 50.2 Å². The average molecular weight is 883 g/mol. The third kappa shape index (κ3) is 7.24. The van der Waals surface area contributed by atoms with Gasteiger partial charge in [-0.1, -0.05) is 188 Å². The van der Waals surface area contributed by atoms with Crippen LogP contribution in [0, 0.1) is 0 Å². The first-order chi connectivity index (χ1) is 34.2. The molecule has 12 aromatic rings. The third-order valence-electron chi connectivity index (χ3n) is 13.9. The lowest BCUT2D eigenvalue weighted by molar-refractivity contribution is 0.670. The molecule has 0 bridgehead atoms. The van der Waals surface area contributed by atoms with Crippen molar-refractivity contribution >= 4 is 66.4 Å². The molecule has 0 atom stereocenters. The number of rotatable bonds is 9. The van der Waals surface area contributed by atoms with Crippen LogP contribution in [-0.2, 0) is 0 Å². The predicted octanol–water partition coefficient (Wildman–Crippen LogP) is 18.6. The zero-order chi connectivity index (χ0) is 45.7. The SMILES string of the molecule is C1=CCCC(c2cccc(-c3cccc(N(c4ccc(-c5ccc(-c6ccccc6-n6c7ccccc7c7ccccc76)cc5)cc4)c4ccc(-c5cccc6c5oc5ccccc56)cc4)c3)c2)=C1. The molecule has 13 rings (SSSR count). The van der Waals surface area contributed by atoms with Crippen molar-refractivity contribution in [2.75, 3.05) is 4.90 Å². The van der Waals surface area contributed by atoms with Gasteiger partial charge in [-0.05, 0) is 124 Å². The maximum absolute atomic E-state index is 6.46. The summed E-state index contributed by atoms with van der Waals surface area (Å²) in [6.45, 7) is 0. The van der Waals surface area contributed by atoms with Gasteiger partial charge in [0.05, 0.1) is 16.7 Å². The topological polar surface area (TPSA) is 21.3 Å². The van der Waals surface area contributed by atoms with E-state index in [1.54, 1.807) is 0 Å². The fourth-order valence-corrected chi connectivity index (χ4v) is 10.5. The zero-order valence-corrected chi connectivity index (χ0v) is 38.0. The summed E-state index contributed by atoms with van der Waals surface area (Å²) >= 11 is 0. The van der Waals surface area contributed by atoms with E-state index in [9.17, 15) is 0 Å². The molecule has 0 saturated carbocycles. The smallest absolute Gasteiger partial charge is 0.143 e. The highest BCUT2D eigenvalue weighted by Gasteiger charge is 2.18. The highest BCUT2D eigenvalue weighted by Crippen LogP contribution is 2.42. The van der Waals surface area contributed by atoms with Gasteiger partial charge in [-0.2, -0.15) is 0 Å². The number of hydrogen-bond donors (Lipinski definition) is 0. The van der Waals surface area contributed by atoms with E-state index in [0.29, 0.717) is 0 Å². The molecule has 3 nitrogen and oxygen atoms in total. The predicted molar refractivity (Wildman–Crippen MR) is 291 cm³/mol. The van der Waals surface area contributed by atoms with Gasteiger partial charge in [-0.3, -0.25) is 0 Å². The molecule has 1 aliphatic rings. The Morgan fingerprint density at radius 1 is 0.377 bits per heavy atom. The second-order valence-electron chi connectivity index (χ2n) is 18.0. The van der Waals surface area contributed by atoms with Crippen molar-refractivity contribution < 1.29 is 4.42 Å². The number of aromatic nitrogens is 1. The van der Waals surface area contributed by atoms with E-state index in [4.69, 9.17) is 4.42 Å². The minimum absolute atomic E-state index is 0.903. The molecule has 0 saturated heterocycles. The summed E-state index contributed by atoms with van der Waals surface area (Å²) in [7, 11) is 0. The molecule has 3 heteroatoms. The number of nitrogens with zero attached hydrogens (tertiary/aromatic N) is 2. The van der Waals surface area contributed by atoms with Crippen molar-refractivity contribution in [2.45, 2.75) is 12.8 Å². The Morgan fingerprint density at radius 2 is 0.913 bits per heavy atom. The highest BCUT2D eigenvalue weighted by atomic mass is 16.3. The Hall–Kier alpha value is -8.92. The molecule has 0 fully saturated rings. The Morgan fingerprint density at radius 3 is 1.64 bits per heavy atom. The molecular weight excluding hydrogens is 837 g/mol. The quantitative estimate of drug-likeness (QED) is 0.144. The maximum Gasteiger partial charge on any atom is 0.143 e. The molecule has 326 valence electrons. The summed E-state index contributed by atoms with van der Waals surface area (Å²) in [5, 5.41) is 4.79. The molecule has 0 aliphatic heterocycles. The molecule has 0 amide bonds. The van der Waals surface area contributed by atoms with Gasteiger partial charge in [0.25, 0.3) is 0 Å². The van der Waals surface area contributed by atoms with Crippen LogP contribution in [0.3, 0.4) is 0 Å². The van der Waals surface area contributed by atoms with Crippen LogP contribution in [0.15, 0.2) is 259 Å². The van der Waals surface area contributed by atoms with E-state index in [1.165, 1.54) is 66.4 Å². The van der Waals surface area contributed by atoms with Gasteiger partial charge in [0.2, 0.25) is 0 Å². The normalized spacial score (nSPS) is 12.6. The summed E-state index contributed by atoms with van der Waals surface area (Å²) < 4.78 is 8.87. The lowest BCUT2D eigenvalue weighted by Gasteiger charge is -2.26. The number of fused-ring (bicyclic) bond motifs is 6. The number of furan rings is 1. The van der Waals surface area contributed by atoms with Crippen LogP contribution in [-0.4, -0.2) is 4.57 Å². The summed E-state index contributed by atoms with van der Waals surface area (Å²) in [5.74, 6) is 0. The zero-order valence-electron chi connectivity index (χ0n) is 38.0. The van der Waals surface area contributed by atoms with Crippen molar-refractivity contribution in [1.82, 2.24) is 4.57 Å². The Labute approximate surface area is 401 Å². The van der Waals surface area contributed by atoms with Gasteiger partial charge in [-0.15, -0.1) is 0 Å². The second-order valence-corrected chi connectivity index (χ2v) is 18.0. The van der Waals surface area contributed by atoms with Gasteiger partial charge < -0.3 is 13.9 Å². The molecule has 1 aliphatic carbocycles. The van der Waals surface area contributed by atoms with Crippen molar-refractivity contribution in [3.63, 3.8) is 0 Å². The van der Waals surface area contributed by atoms with E-state index >= 15 is 0 Å². The van der Waals surface area contributed by atoms with Gasteiger partial charge in [-0.25, -0.2) is 0 Å². The van der Waals surface area contributed by atoms with E-state index in [-0.39, 0.29) is 0 Å². The monoisotopic (exact) mass is 882 g/mol. The largest absolute Gasteiger partial charge is 0.455 e. The first-order valence-corrected chi connectivity index (χ1v) is 23.9. The number of anilines is 3. The Balaban J connectivity index is 0.857. The van der Waals surface area contributed by atoms with Crippen LogP contribution >= 0.6 is 0 Å².